The van der Waals surface area contributed by atoms with Gasteiger partial charge in [0.05, 0.1) is 0 Å². The number of hydrogen-bond acceptors (Lipinski definition) is 2. The summed E-state index contributed by atoms with van der Waals surface area (Å²) in [7, 11) is 1.97. The van der Waals surface area contributed by atoms with Crippen LogP contribution in [-0.4, -0.2) is 24.1 Å². The summed E-state index contributed by atoms with van der Waals surface area (Å²) in [5, 5.41) is 2.24. The molecule has 0 aromatic carbocycles. The van der Waals surface area contributed by atoms with Crippen LogP contribution in [0.25, 0.3) is 0 Å². The van der Waals surface area contributed by atoms with E-state index in [4.69, 9.17) is 0 Å². The van der Waals surface area contributed by atoms with Crippen LogP contribution in [0.1, 0.15) is 34.1 Å². The lowest BCUT2D eigenvalue weighted by atomic mass is 10.1. The number of rotatable bonds is 3. The second kappa shape index (κ2) is 3.94. The van der Waals surface area contributed by atoms with Crippen LogP contribution in [-0.2, 0) is 0 Å². The van der Waals surface area contributed by atoms with E-state index in [1.807, 2.05) is 7.05 Å². The Labute approximate surface area is 64.6 Å². The fraction of sp³-hybridized carbons (Fsp3) is 1.00. The van der Waals surface area contributed by atoms with Gasteiger partial charge in [-0.25, -0.2) is 5.01 Å². The highest BCUT2D eigenvalue weighted by Crippen LogP contribution is 2.09. The van der Waals surface area contributed by atoms with Gasteiger partial charge >= 0.3 is 0 Å². The number of nitrogens with zero attached hydrogens (tertiary/aromatic N) is 1. The van der Waals surface area contributed by atoms with Gasteiger partial charge in [0.15, 0.2) is 0 Å². The zero-order valence-corrected chi connectivity index (χ0v) is 7.86. The molecule has 0 amide bonds. The van der Waals surface area contributed by atoms with E-state index in [0.29, 0.717) is 0 Å². The summed E-state index contributed by atoms with van der Waals surface area (Å²) in [6, 6.07) is 0. The van der Waals surface area contributed by atoms with Gasteiger partial charge in [-0.05, 0) is 34.2 Å². The Bertz CT molecular complexity index is 83.7. The van der Waals surface area contributed by atoms with E-state index in [0.717, 1.165) is 6.54 Å². The summed E-state index contributed by atoms with van der Waals surface area (Å²) in [4.78, 5) is 0. The van der Waals surface area contributed by atoms with E-state index >= 15 is 0 Å². The molecule has 0 aliphatic rings. The van der Waals surface area contributed by atoms with E-state index < -0.39 is 0 Å². The molecule has 0 atom stereocenters. The average Bonchev–Trinajstić information content (AvgIpc) is 1.80. The van der Waals surface area contributed by atoms with Crippen LogP contribution < -0.4 is 5.43 Å². The molecular weight excluding hydrogens is 124 g/mol. The van der Waals surface area contributed by atoms with E-state index in [1.54, 1.807) is 0 Å². The molecule has 0 radical (unpaired) electrons. The summed E-state index contributed by atoms with van der Waals surface area (Å²) in [6.07, 6.45) is 1.19. The molecule has 10 heavy (non-hydrogen) atoms. The third-order valence-corrected chi connectivity index (χ3v) is 1.53. The van der Waals surface area contributed by atoms with Crippen molar-refractivity contribution in [3.63, 3.8) is 0 Å². The second-order valence-corrected chi connectivity index (χ2v) is 3.55. The van der Waals surface area contributed by atoms with Crippen molar-refractivity contribution in [2.75, 3.05) is 13.6 Å². The van der Waals surface area contributed by atoms with Gasteiger partial charge in [-0.1, -0.05) is 6.92 Å². The Balaban J connectivity index is 3.81. The molecule has 2 nitrogen and oxygen atoms in total. The quantitative estimate of drug-likeness (QED) is 0.606. The molecule has 0 saturated heterocycles. The lowest BCUT2D eigenvalue weighted by Gasteiger charge is -2.34. The minimum Gasteiger partial charge on any atom is -0.258 e. The van der Waals surface area contributed by atoms with Gasteiger partial charge in [0.1, 0.15) is 0 Å². The minimum atomic E-state index is 0.241. The number of hydrazine groups is 1. The van der Waals surface area contributed by atoms with Crippen molar-refractivity contribution in [1.82, 2.24) is 10.4 Å². The van der Waals surface area contributed by atoms with Gasteiger partial charge in [0, 0.05) is 12.1 Å². The maximum absolute atomic E-state index is 3.18. The van der Waals surface area contributed by atoms with Crippen molar-refractivity contribution in [1.29, 1.82) is 0 Å². The predicted octanol–water partition coefficient (Wildman–Crippen LogP) is 1.63. The first kappa shape index (κ1) is 9.92. The Morgan fingerprint density at radius 1 is 1.30 bits per heavy atom. The normalized spacial score (nSPS) is 12.6. The molecule has 2 heteroatoms. The van der Waals surface area contributed by atoms with Crippen molar-refractivity contribution in [2.24, 2.45) is 0 Å². The molecule has 0 spiro atoms. The van der Waals surface area contributed by atoms with Crippen LogP contribution in [0.4, 0.5) is 0 Å². The van der Waals surface area contributed by atoms with Crippen molar-refractivity contribution in [3.8, 4) is 0 Å². The van der Waals surface area contributed by atoms with Crippen LogP contribution in [0.5, 0.6) is 0 Å². The first-order valence-electron chi connectivity index (χ1n) is 3.97. The highest BCUT2D eigenvalue weighted by molar-refractivity contribution is 4.71. The average molecular weight is 144 g/mol. The summed E-state index contributed by atoms with van der Waals surface area (Å²) < 4.78 is 0. The molecule has 0 rings (SSSR count). The van der Waals surface area contributed by atoms with Gasteiger partial charge in [-0.15, -0.1) is 0 Å². The predicted molar refractivity (Wildman–Crippen MR) is 45.8 cm³/mol. The highest BCUT2D eigenvalue weighted by atomic mass is 15.5. The van der Waals surface area contributed by atoms with Gasteiger partial charge in [0.25, 0.3) is 0 Å². The lowest BCUT2D eigenvalue weighted by Crippen LogP contribution is -2.49. The zero-order chi connectivity index (χ0) is 8.20. The highest BCUT2D eigenvalue weighted by Gasteiger charge is 2.17. The topological polar surface area (TPSA) is 15.3 Å². The molecule has 0 aromatic heterocycles. The molecule has 0 bridgehead atoms. The minimum absolute atomic E-state index is 0.241. The first-order valence-corrected chi connectivity index (χ1v) is 3.97. The Morgan fingerprint density at radius 3 is 1.90 bits per heavy atom. The Kier molecular flexibility index (Phi) is 3.91. The largest absolute Gasteiger partial charge is 0.258 e. The van der Waals surface area contributed by atoms with E-state index in [2.05, 4.69) is 38.1 Å². The molecule has 0 aromatic rings. The third kappa shape index (κ3) is 3.18. The smallest absolute Gasteiger partial charge is 0.0269 e. The summed E-state index contributed by atoms with van der Waals surface area (Å²) in [6.45, 7) is 9.92. The molecule has 1 N–H and O–H groups in total. The standard InChI is InChI=1S/C8H20N2/c1-6-7-10(9-5)8(2,3)4/h9H,6-7H2,1-5H3. The first-order chi connectivity index (χ1) is 4.52. The fourth-order valence-electron chi connectivity index (χ4n) is 1.01. The van der Waals surface area contributed by atoms with Crippen LogP contribution in [0.3, 0.4) is 0 Å². The van der Waals surface area contributed by atoms with Gasteiger partial charge in [-0.3, -0.25) is 5.43 Å². The molecule has 0 aliphatic heterocycles. The van der Waals surface area contributed by atoms with Crippen LogP contribution >= 0.6 is 0 Å². The molecule has 0 heterocycles. The van der Waals surface area contributed by atoms with Gasteiger partial charge < -0.3 is 0 Å². The van der Waals surface area contributed by atoms with E-state index in [9.17, 15) is 0 Å². The molecule has 62 valence electrons. The maximum atomic E-state index is 3.18. The fourth-order valence-corrected chi connectivity index (χ4v) is 1.01. The Hall–Kier alpha value is -0.0800. The maximum Gasteiger partial charge on any atom is 0.0269 e. The lowest BCUT2D eigenvalue weighted by molar-refractivity contribution is 0.0853. The number of hydrogen-bond donors (Lipinski definition) is 1. The van der Waals surface area contributed by atoms with E-state index in [-0.39, 0.29) is 5.54 Å². The van der Waals surface area contributed by atoms with Crippen LogP contribution in [0.2, 0.25) is 0 Å². The van der Waals surface area contributed by atoms with E-state index in [1.165, 1.54) is 6.42 Å². The van der Waals surface area contributed by atoms with Crippen LogP contribution in [0, 0.1) is 0 Å². The zero-order valence-electron chi connectivity index (χ0n) is 7.86. The SMILES string of the molecule is CCCN(NC)C(C)(C)C. The molecular formula is C8H20N2. The van der Waals surface area contributed by atoms with Gasteiger partial charge in [-0.2, -0.15) is 0 Å². The van der Waals surface area contributed by atoms with Crippen LogP contribution in [0.15, 0.2) is 0 Å². The summed E-state index contributed by atoms with van der Waals surface area (Å²) in [5.74, 6) is 0. The molecule has 0 aliphatic carbocycles. The monoisotopic (exact) mass is 144 g/mol. The van der Waals surface area contributed by atoms with Crippen molar-refractivity contribution >= 4 is 0 Å². The third-order valence-electron chi connectivity index (χ3n) is 1.53. The summed E-state index contributed by atoms with van der Waals surface area (Å²) in [5.41, 5.74) is 3.42. The molecule has 0 saturated carbocycles. The van der Waals surface area contributed by atoms with Gasteiger partial charge in [0.2, 0.25) is 0 Å². The van der Waals surface area contributed by atoms with Crippen molar-refractivity contribution in [2.45, 2.75) is 39.7 Å². The second-order valence-electron chi connectivity index (χ2n) is 3.55. The molecule has 0 unspecified atom stereocenters. The van der Waals surface area contributed by atoms with Crippen molar-refractivity contribution in [3.05, 3.63) is 0 Å². The molecule has 0 fully saturated rings. The van der Waals surface area contributed by atoms with Crippen molar-refractivity contribution < 1.29 is 0 Å². The summed E-state index contributed by atoms with van der Waals surface area (Å²) >= 11 is 0. The number of nitrogens with one attached hydrogen (secondary N) is 1. The Morgan fingerprint density at radius 2 is 1.80 bits per heavy atom.